The molecule has 0 radical (unpaired) electrons. The fourth-order valence-corrected chi connectivity index (χ4v) is 2.26. The molecule has 0 spiro atoms. The predicted molar refractivity (Wildman–Crippen MR) is 73.5 cm³/mol. The Hall–Kier alpha value is -1.74. The summed E-state index contributed by atoms with van der Waals surface area (Å²) in [7, 11) is 0. The molecule has 1 aromatic carbocycles. The number of hydrogen-bond donors (Lipinski definition) is 2. The van der Waals surface area contributed by atoms with E-state index in [-0.39, 0.29) is 16.1 Å². The summed E-state index contributed by atoms with van der Waals surface area (Å²) in [4.78, 5) is 21.4. The van der Waals surface area contributed by atoms with Gasteiger partial charge in [-0.15, -0.1) is 0 Å². The van der Waals surface area contributed by atoms with E-state index in [4.69, 9.17) is 10.5 Å². The normalized spacial score (nSPS) is 17.1. The Morgan fingerprint density at radius 1 is 1.62 bits per heavy atom. The summed E-state index contributed by atoms with van der Waals surface area (Å²) in [5.41, 5.74) is 3.70. The van der Waals surface area contributed by atoms with E-state index < -0.39 is 34.5 Å². The number of hydrogen-bond acceptors (Lipinski definition) is 5. The smallest absolute Gasteiger partial charge is 0.327 e. The largest absolute Gasteiger partial charge is 0.484 e. The molecule has 1 unspecified atom stereocenters. The van der Waals surface area contributed by atoms with E-state index in [0.717, 1.165) is 12.1 Å². The Bertz CT molecular complexity index is 608. The first kappa shape index (κ1) is 15.6. The summed E-state index contributed by atoms with van der Waals surface area (Å²) in [5.74, 6) is -2.59. The number of nitrogens with two attached hydrogens (primary N) is 1. The molecule has 0 heterocycles. The van der Waals surface area contributed by atoms with E-state index in [0.29, 0.717) is 12.8 Å². The van der Waals surface area contributed by atoms with E-state index >= 15 is 0 Å². The second-order valence-corrected chi connectivity index (χ2v) is 5.75. The van der Waals surface area contributed by atoms with Crippen molar-refractivity contribution in [1.82, 2.24) is 0 Å². The van der Waals surface area contributed by atoms with Gasteiger partial charge in [0.1, 0.15) is 12.4 Å². The number of nitro groups is 1. The average Bonchev–Trinajstić information content (AvgIpc) is 3.23. The van der Waals surface area contributed by atoms with Gasteiger partial charge in [0, 0.05) is 12.1 Å². The highest BCUT2D eigenvalue weighted by molar-refractivity contribution is 9.10. The molecule has 0 aromatic heterocycles. The molecule has 7 nitrogen and oxygen atoms in total. The van der Waals surface area contributed by atoms with Crippen molar-refractivity contribution in [3.8, 4) is 5.75 Å². The minimum atomic E-state index is -1.63. The molecule has 114 valence electrons. The number of benzene rings is 1. The molecule has 0 saturated heterocycles. The van der Waals surface area contributed by atoms with Crippen LogP contribution in [-0.4, -0.2) is 28.1 Å². The number of aliphatic carboxylic acids is 1. The first-order valence-electron chi connectivity index (χ1n) is 6.04. The van der Waals surface area contributed by atoms with Crippen molar-refractivity contribution in [2.24, 2.45) is 11.7 Å². The Labute approximate surface area is 127 Å². The summed E-state index contributed by atoms with van der Waals surface area (Å²) >= 11 is 2.84. The van der Waals surface area contributed by atoms with Crippen LogP contribution < -0.4 is 10.5 Å². The van der Waals surface area contributed by atoms with Crippen LogP contribution in [-0.2, 0) is 4.79 Å². The van der Waals surface area contributed by atoms with Gasteiger partial charge in [0.15, 0.2) is 11.3 Å². The van der Waals surface area contributed by atoms with E-state index in [1.807, 2.05) is 0 Å². The van der Waals surface area contributed by atoms with Crippen LogP contribution >= 0.6 is 15.9 Å². The van der Waals surface area contributed by atoms with Crippen LogP contribution in [0.4, 0.5) is 10.1 Å². The van der Waals surface area contributed by atoms with Gasteiger partial charge < -0.3 is 15.6 Å². The fourth-order valence-electron chi connectivity index (χ4n) is 1.93. The van der Waals surface area contributed by atoms with Crippen molar-refractivity contribution in [3.05, 3.63) is 32.5 Å². The van der Waals surface area contributed by atoms with Crippen LogP contribution in [0.15, 0.2) is 16.6 Å². The zero-order chi connectivity index (χ0) is 15.8. The number of nitro benzene ring substituents is 1. The maximum absolute atomic E-state index is 13.5. The fraction of sp³-hybridized carbons (Fsp3) is 0.417. The molecular weight excluding hydrogens is 351 g/mol. The van der Waals surface area contributed by atoms with Gasteiger partial charge in [0.25, 0.3) is 0 Å². The monoisotopic (exact) mass is 362 g/mol. The SMILES string of the molecule is NC(COc1cc(F)c(Br)cc1[N+](=O)[O-])(C(=O)O)C1CC1. The summed E-state index contributed by atoms with van der Waals surface area (Å²) in [6, 6.07) is 1.79. The molecule has 3 N–H and O–H groups in total. The van der Waals surface area contributed by atoms with Crippen molar-refractivity contribution in [2.75, 3.05) is 6.61 Å². The quantitative estimate of drug-likeness (QED) is 0.591. The van der Waals surface area contributed by atoms with Crippen LogP contribution in [0.1, 0.15) is 12.8 Å². The third-order valence-electron chi connectivity index (χ3n) is 3.37. The van der Waals surface area contributed by atoms with Gasteiger partial charge in [-0.1, -0.05) is 0 Å². The predicted octanol–water partition coefficient (Wildman–Crippen LogP) is 2.07. The lowest BCUT2D eigenvalue weighted by Gasteiger charge is -2.24. The number of carbonyl (C=O) groups is 1. The Morgan fingerprint density at radius 2 is 2.24 bits per heavy atom. The van der Waals surface area contributed by atoms with Gasteiger partial charge in [-0.25, -0.2) is 4.39 Å². The topological polar surface area (TPSA) is 116 Å². The van der Waals surface area contributed by atoms with Crippen molar-refractivity contribution < 1.29 is 24.0 Å². The molecule has 1 fully saturated rings. The molecule has 0 bridgehead atoms. The highest BCUT2D eigenvalue weighted by Gasteiger charge is 2.49. The van der Waals surface area contributed by atoms with E-state index in [1.165, 1.54) is 0 Å². The highest BCUT2D eigenvalue weighted by Crippen LogP contribution is 2.40. The third kappa shape index (κ3) is 3.13. The molecule has 21 heavy (non-hydrogen) atoms. The van der Waals surface area contributed by atoms with Gasteiger partial charge in [-0.2, -0.15) is 0 Å². The van der Waals surface area contributed by atoms with Gasteiger partial charge >= 0.3 is 11.7 Å². The number of carboxylic acid groups (broad SMARTS) is 1. The third-order valence-corrected chi connectivity index (χ3v) is 3.98. The van der Waals surface area contributed by atoms with Gasteiger partial charge in [-0.05, 0) is 34.7 Å². The molecule has 2 rings (SSSR count). The number of ether oxygens (including phenoxy) is 1. The lowest BCUT2D eigenvalue weighted by molar-refractivity contribution is -0.386. The highest BCUT2D eigenvalue weighted by atomic mass is 79.9. The van der Waals surface area contributed by atoms with E-state index in [2.05, 4.69) is 15.9 Å². The Morgan fingerprint density at radius 3 is 2.71 bits per heavy atom. The maximum Gasteiger partial charge on any atom is 0.327 e. The standard InChI is InChI=1S/C12H12BrFN2O5/c13-7-3-9(16(19)20)10(4-8(7)14)21-5-12(15,11(17)18)6-1-2-6/h3-4,6H,1-2,5,15H2,(H,17,18). The molecule has 1 aliphatic rings. The maximum atomic E-state index is 13.5. The van der Waals surface area contributed by atoms with Crippen LogP contribution in [0.25, 0.3) is 0 Å². The zero-order valence-electron chi connectivity index (χ0n) is 10.7. The van der Waals surface area contributed by atoms with Crippen molar-refractivity contribution in [2.45, 2.75) is 18.4 Å². The molecular formula is C12H12BrFN2O5. The summed E-state index contributed by atoms with van der Waals surface area (Å²) in [5, 5.41) is 20.1. The minimum Gasteiger partial charge on any atom is -0.484 e. The molecule has 1 saturated carbocycles. The second kappa shape index (κ2) is 5.57. The number of nitrogens with zero attached hydrogens (tertiary/aromatic N) is 1. The average molecular weight is 363 g/mol. The molecule has 1 aromatic rings. The van der Waals surface area contributed by atoms with Crippen LogP contribution in [0.2, 0.25) is 0 Å². The van der Waals surface area contributed by atoms with Gasteiger partial charge in [0.2, 0.25) is 0 Å². The molecule has 0 aliphatic heterocycles. The van der Waals surface area contributed by atoms with Crippen LogP contribution in [0, 0.1) is 21.8 Å². The van der Waals surface area contributed by atoms with E-state index in [9.17, 15) is 24.4 Å². The second-order valence-electron chi connectivity index (χ2n) is 4.90. The van der Waals surface area contributed by atoms with Gasteiger partial charge in [-0.3, -0.25) is 14.9 Å². The van der Waals surface area contributed by atoms with Gasteiger partial charge in [0.05, 0.1) is 9.40 Å². The minimum absolute atomic E-state index is 0.0824. The molecule has 1 atom stereocenters. The number of halogens is 2. The molecule has 9 heteroatoms. The Kier molecular flexibility index (Phi) is 4.15. The Balaban J connectivity index is 2.25. The summed E-state index contributed by atoms with van der Waals surface area (Å²) in [6.45, 7) is -0.463. The van der Waals surface area contributed by atoms with Crippen molar-refractivity contribution in [3.63, 3.8) is 0 Å². The summed E-state index contributed by atoms with van der Waals surface area (Å²) in [6.07, 6.45) is 1.31. The number of rotatable bonds is 6. The van der Waals surface area contributed by atoms with Crippen molar-refractivity contribution >= 4 is 27.6 Å². The zero-order valence-corrected chi connectivity index (χ0v) is 12.3. The van der Waals surface area contributed by atoms with E-state index in [1.54, 1.807) is 0 Å². The summed E-state index contributed by atoms with van der Waals surface area (Å²) < 4.78 is 18.5. The van der Waals surface area contributed by atoms with Crippen LogP contribution in [0.3, 0.4) is 0 Å². The first-order chi connectivity index (χ1) is 9.75. The first-order valence-corrected chi connectivity index (χ1v) is 6.83. The number of carboxylic acids is 1. The lowest BCUT2D eigenvalue weighted by atomic mass is 9.96. The van der Waals surface area contributed by atoms with Crippen molar-refractivity contribution in [1.29, 1.82) is 0 Å². The molecule has 1 aliphatic carbocycles. The van der Waals surface area contributed by atoms with Crippen LogP contribution in [0.5, 0.6) is 5.75 Å². The lowest BCUT2D eigenvalue weighted by Crippen LogP contribution is -2.54. The molecule has 0 amide bonds.